The third-order valence-electron chi connectivity index (χ3n) is 3.48. The quantitative estimate of drug-likeness (QED) is 0.348. The zero-order valence-electron chi connectivity index (χ0n) is 12.3. The minimum Gasteiger partial charge on any atom is -0.465 e. The summed E-state index contributed by atoms with van der Waals surface area (Å²) >= 11 is 7.81. The van der Waals surface area contributed by atoms with Gasteiger partial charge in [0.05, 0.1) is 12.5 Å². The van der Waals surface area contributed by atoms with E-state index in [0.29, 0.717) is 12.5 Å². The molecule has 1 aromatic heterocycles. The lowest BCUT2D eigenvalue weighted by Gasteiger charge is -2.21. The van der Waals surface area contributed by atoms with Gasteiger partial charge in [-0.3, -0.25) is 0 Å². The van der Waals surface area contributed by atoms with E-state index in [4.69, 9.17) is 21.0 Å². The van der Waals surface area contributed by atoms with E-state index in [0.717, 1.165) is 24.3 Å². The summed E-state index contributed by atoms with van der Waals surface area (Å²) in [6.45, 7) is 0.961. The number of rotatable bonds is 6. The van der Waals surface area contributed by atoms with Crippen LogP contribution >= 0.6 is 22.9 Å². The first-order chi connectivity index (χ1) is 10.2. The van der Waals surface area contributed by atoms with E-state index in [-0.39, 0.29) is 17.4 Å². The number of esters is 1. The number of allylic oxidation sites excluding steroid dienone is 1. The number of carbonyl (C=O) groups excluding carboxylic acids is 1. The van der Waals surface area contributed by atoms with Crippen LogP contribution in [0.5, 0.6) is 0 Å². The molecule has 114 valence electrons. The van der Waals surface area contributed by atoms with Gasteiger partial charge in [0.15, 0.2) is 0 Å². The molecule has 1 saturated heterocycles. The fourth-order valence-electron chi connectivity index (χ4n) is 2.42. The lowest BCUT2D eigenvalue weighted by molar-refractivity contribution is 0.0606. The molecule has 0 radical (unpaired) electrons. The van der Waals surface area contributed by atoms with Crippen molar-refractivity contribution in [2.45, 2.75) is 24.3 Å². The van der Waals surface area contributed by atoms with Crippen LogP contribution in [0.2, 0.25) is 0 Å². The van der Waals surface area contributed by atoms with Crippen molar-refractivity contribution in [3.8, 4) is 0 Å². The Morgan fingerprint density at radius 3 is 3.10 bits per heavy atom. The van der Waals surface area contributed by atoms with Crippen LogP contribution in [-0.4, -0.2) is 50.6 Å². The second kappa shape index (κ2) is 7.99. The van der Waals surface area contributed by atoms with Crippen molar-refractivity contribution in [1.29, 1.82) is 0 Å². The van der Waals surface area contributed by atoms with Crippen molar-refractivity contribution in [1.82, 2.24) is 4.81 Å². The van der Waals surface area contributed by atoms with E-state index in [2.05, 4.69) is 17.0 Å². The van der Waals surface area contributed by atoms with E-state index < -0.39 is 0 Å². The average Bonchev–Trinajstić information content (AvgIpc) is 3.08. The molecule has 1 aromatic rings. The molecule has 0 saturated carbocycles. The van der Waals surface area contributed by atoms with Crippen molar-refractivity contribution in [2.75, 3.05) is 20.8 Å². The van der Waals surface area contributed by atoms with Crippen LogP contribution in [-0.2, 0) is 15.8 Å². The highest BCUT2D eigenvalue weighted by atomic mass is 35.5. The van der Waals surface area contributed by atoms with Crippen LogP contribution < -0.4 is 0 Å². The van der Waals surface area contributed by atoms with Gasteiger partial charge in [-0.2, -0.15) is 0 Å². The maximum absolute atomic E-state index is 11.4. The molecule has 2 rings (SSSR count). The molecular weight excluding hydrogens is 308 g/mol. The van der Waals surface area contributed by atoms with Crippen molar-refractivity contribution in [3.63, 3.8) is 0 Å². The molecule has 2 heterocycles. The van der Waals surface area contributed by atoms with E-state index >= 15 is 0 Å². The number of ether oxygens (including phenoxy) is 1. The maximum atomic E-state index is 11.4. The van der Waals surface area contributed by atoms with Gasteiger partial charge in [-0.05, 0) is 31.5 Å². The summed E-state index contributed by atoms with van der Waals surface area (Å²) in [6.07, 6.45) is 6.02. The number of methoxy groups -OCH3 is 1. The minimum absolute atomic E-state index is 0.130. The van der Waals surface area contributed by atoms with Gasteiger partial charge in [-0.25, -0.2) is 4.79 Å². The lowest BCUT2D eigenvalue weighted by atomic mass is 10.1. The Kier molecular flexibility index (Phi) is 6.30. The number of halogens is 1. The van der Waals surface area contributed by atoms with Crippen LogP contribution in [0.3, 0.4) is 0 Å². The Hall–Kier alpha value is -0.815. The van der Waals surface area contributed by atoms with Gasteiger partial charge in [0.2, 0.25) is 0 Å². The second-order valence-electron chi connectivity index (χ2n) is 4.92. The Morgan fingerprint density at radius 1 is 1.57 bits per heavy atom. The average molecular weight is 328 g/mol. The molecular formula is C14H19BClNO3S. The monoisotopic (exact) mass is 327 g/mol. The third kappa shape index (κ3) is 4.33. The first kappa shape index (κ1) is 16.6. The van der Waals surface area contributed by atoms with Crippen molar-refractivity contribution < 1.29 is 14.2 Å². The van der Waals surface area contributed by atoms with Crippen LogP contribution in [0.4, 0.5) is 0 Å². The summed E-state index contributed by atoms with van der Waals surface area (Å²) in [7, 11) is 3.69. The highest BCUT2D eigenvalue weighted by Crippen LogP contribution is 2.24. The fraction of sp³-hybridized carbons (Fsp3) is 0.500. The zero-order valence-corrected chi connectivity index (χ0v) is 13.8. The minimum atomic E-state index is -0.280. The maximum Gasteiger partial charge on any atom is 0.363 e. The van der Waals surface area contributed by atoms with Gasteiger partial charge in [0.25, 0.3) is 0 Å². The number of hydrogen-bond acceptors (Lipinski definition) is 5. The summed E-state index contributed by atoms with van der Waals surface area (Å²) in [5.41, 5.74) is 0. The van der Waals surface area contributed by atoms with Crippen LogP contribution in [0, 0.1) is 0 Å². The van der Waals surface area contributed by atoms with Gasteiger partial charge in [-0.15, -0.1) is 22.9 Å². The van der Waals surface area contributed by atoms with E-state index in [1.54, 1.807) is 13.2 Å². The van der Waals surface area contributed by atoms with E-state index in [1.165, 1.54) is 18.4 Å². The topological polar surface area (TPSA) is 38.8 Å². The standard InChI is InChI=1S/C14H19BClNO3S/c1-19-14(18)13-7-6-10(21-13)4-3-5-12-11(16)8-9-17(12)15-20-2/h3,5-7,11-12,15H,4,8-9H2,1-2H3/t11?,12-/m0/s1. The molecule has 0 bridgehead atoms. The largest absolute Gasteiger partial charge is 0.465 e. The van der Waals surface area contributed by atoms with Gasteiger partial charge in [0.1, 0.15) is 4.88 Å². The molecule has 0 spiro atoms. The molecule has 7 heteroatoms. The van der Waals surface area contributed by atoms with Gasteiger partial charge >= 0.3 is 13.6 Å². The number of alkyl halides is 1. The number of hydrogen-bond donors (Lipinski definition) is 0. The zero-order chi connectivity index (χ0) is 15.2. The van der Waals surface area contributed by atoms with Gasteiger partial charge in [0, 0.05) is 18.0 Å². The highest BCUT2D eigenvalue weighted by molar-refractivity contribution is 7.13. The van der Waals surface area contributed by atoms with Crippen molar-refractivity contribution in [2.24, 2.45) is 0 Å². The molecule has 1 aliphatic heterocycles. The molecule has 1 fully saturated rings. The summed E-state index contributed by atoms with van der Waals surface area (Å²) in [5.74, 6) is -0.280. The molecule has 0 aromatic carbocycles. The van der Waals surface area contributed by atoms with Crippen molar-refractivity contribution >= 4 is 36.5 Å². The van der Waals surface area contributed by atoms with Crippen molar-refractivity contribution in [3.05, 3.63) is 34.0 Å². The van der Waals surface area contributed by atoms with Crippen LogP contribution in [0.1, 0.15) is 21.0 Å². The second-order valence-corrected chi connectivity index (χ2v) is 6.64. The Labute approximate surface area is 135 Å². The first-order valence-electron chi connectivity index (χ1n) is 6.86. The fourth-order valence-corrected chi connectivity index (χ4v) is 3.66. The summed E-state index contributed by atoms with van der Waals surface area (Å²) in [4.78, 5) is 15.4. The molecule has 1 aliphatic rings. The SMILES string of the molecule is COBN1CCC(Cl)[C@@H]1C=CCc1ccc(C(=O)OC)s1. The molecule has 4 nitrogen and oxygen atoms in total. The van der Waals surface area contributed by atoms with E-state index in [9.17, 15) is 4.79 Å². The number of thiophene rings is 1. The molecule has 2 atom stereocenters. The smallest absolute Gasteiger partial charge is 0.363 e. The predicted molar refractivity (Wildman–Crippen MR) is 87.4 cm³/mol. The number of nitrogens with zero attached hydrogens (tertiary/aromatic N) is 1. The molecule has 0 aliphatic carbocycles. The van der Waals surface area contributed by atoms with Gasteiger partial charge < -0.3 is 14.2 Å². The first-order valence-corrected chi connectivity index (χ1v) is 8.11. The van der Waals surface area contributed by atoms with Gasteiger partial charge in [-0.1, -0.05) is 12.2 Å². The number of carbonyl (C=O) groups is 1. The predicted octanol–water partition coefficient (Wildman–Crippen LogP) is 2.23. The summed E-state index contributed by atoms with van der Waals surface area (Å²) in [5, 5.41) is 0.130. The molecule has 1 unspecified atom stereocenters. The lowest BCUT2D eigenvalue weighted by Crippen LogP contribution is -2.35. The van der Waals surface area contributed by atoms with Crippen LogP contribution in [0.25, 0.3) is 0 Å². The van der Waals surface area contributed by atoms with Crippen LogP contribution in [0.15, 0.2) is 24.3 Å². The third-order valence-corrected chi connectivity index (χ3v) is 5.04. The molecule has 0 N–H and O–H groups in total. The molecule has 21 heavy (non-hydrogen) atoms. The summed E-state index contributed by atoms with van der Waals surface area (Å²) < 4.78 is 9.90. The Bertz CT molecular complexity index is 506. The highest BCUT2D eigenvalue weighted by Gasteiger charge is 2.30. The molecule has 0 amide bonds. The normalized spacial score (nSPS) is 22.8. The Morgan fingerprint density at radius 2 is 2.38 bits per heavy atom. The Balaban J connectivity index is 1.92. The summed E-state index contributed by atoms with van der Waals surface area (Å²) in [6, 6.07) is 3.98. The van der Waals surface area contributed by atoms with E-state index in [1.807, 2.05) is 6.07 Å².